The minimum Gasteiger partial charge on any atom is -0.394 e. The maximum atomic E-state index is 8.12. The van der Waals surface area contributed by atoms with E-state index in [4.69, 9.17) is 24.3 Å². The molecular weight excluding hydrogens is 1140 g/mol. The Bertz CT molecular complexity index is 3030. The third-order valence-electron chi connectivity index (χ3n) is 16.0. The first-order valence-corrected chi connectivity index (χ1v) is 31.2. The molecule has 3 heterocycles. The van der Waals surface area contributed by atoms with E-state index in [1.165, 1.54) is 169 Å². The molecule has 0 amide bonds. The van der Waals surface area contributed by atoms with Crippen molar-refractivity contribution in [2.75, 3.05) is 44.2 Å². The van der Waals surface area contributed by atoms with Crippen molar-refractivity contribution in [3.63, 3.8) is 0 Å². The molecular formula is C75H97BrClN3O5. The predicted octanol–water partition coefficient (Wildman–Crippen LogP) is 18.4. The monoisotopic (exact) mass is 1230 g/mol. The van der Waals surface area contributed by atoms with Gasteiger partial charge in [0.15, 0.2) is 0 Å². The average molecular weight is 1240 g/mol. The number of benzene rings is 8. The summed E-state index contributed by atoms with van der Waals surface area (Å²) in [5, 5.41) is 23.4. The molecule has 11 rings (SSSR count). The highest BCUT2D eigenvalue weighted by molar-refractivity contribution is 9.10. The SMILES string of the molecule is C.CC(C)O.CCCc1ccc(Br)cc1.CCCc1ccc(N2CC[C@H](C[C@H](C)c3cccc4ccccc34)C2)cc1.C[C@@H](C[C@H]1CCNC1)c1cccc2ccccc12.C[C@@H](C[C@H]1CCNC1)c1cccc2ccccc12.Cl.O=C=O.O=C=O. The van der Waals surface area contributed by atoms with Crippen molar-refractivity contribution in [3.8, 4) is 0 Å². The number of anilines is 1. The normalized spacial score (nSPS) is 16.5. The van der Waals surface area contributed by atoms with Gasteiger partial charge >= 0.3 is 12.3 Å². The Labute approximate surface area is 524 Å². The van der Waals surface area contributed by atoms with Gasteiger partial charge in [-0.1, -0.05) is 222 Å². The van der Waals surface area contributed by atoms with Gasteiger partial charge in [-0.05, 0) is 211 Å². The fourth-order valence-corrected chi connectivity index (χ4v) is 12.4. The number of carbonyl (C=O) groups excluding carboxylic acids is 4. The maximum absolute atomic E-state index is 8.12. The van der Waals surface area contributed by atoms with Crippen molar-refractivity contribution in [1.29, 1.82) is 0 Å². The van der Waals surface area contributed by atoms with Gasteiger partial charge in [0.25, 0.3) is 0 Å². The number of fused-ring (bicyclic) bond motifs is 3. The van der Waals surface area contributed by atoms with E-state index in [2.05, 4.69) is 242 Å². The van der Waals surface area contributed by atoms with Crippen molar-refractivity contribution in [2.24, 2.45) is 17.8 Å². The maximum Gasteiger partial charge on any atom is 0.373 e. The molecule has 85 heavy (non-hydrogen) atoms. The van der Waals surface area contributed by atoms with Gasteiger partial charge in [0.2, 0.25) is 0 Å². The molecule has 0 radical (unpaired) electrons. The Morgan fingerprint density at radius 1 is 0.494 bits per heavy atom. The molecule has 6 atom stereocenters. The van der Waals surface area contributed by atoms with Crippen LogP contribution in [0.1, 0.15) is 153 Å². The lowest BCUT2D eigenvalue weighted by Gasteiger charge is -2.21. The highest BCUT2D eigenvalue weighted by atomic mass is 79.9. The molecule has 3 aliphatic rings. The van der Waals surface area contributed by atoms with Gasteiger partial charge in [-0.15, -0.1) is 12.4 Å². The lowest BCUT2D eigenvalue weighted by molar-refractivity contribution is -0.193. The van der Waals surface area contributed by atoms with Gasteiger partial charge in [0.1, 0.15) is 0 Å². The molecule has 3 N–H and O–H groups in total. The molecule has 8 nitrogen and oxygen atoms in total. The fourth-order valence-electron chi connectivity index (χ4n) is 12.1. The molecule has 0 bridgehead atoms. The number of nitrogens with zero attached hydrogens (tertiary/aromatic N) is 1. The highest BCUT2D eigenvalue weighted by Gasteiger charge is 2.26. The topological polar surface area (TPSA) is 116 Å². The van der Waals surface area contributed by atoms with Gasteiger partial charge in [-0.25, -0.2) is 0 Å². The summed E-state index contributed by atoms with van der Waals surface area (Å²) < 4.78 is 1.16. The first kappa shape index (κ1) is 73.0. The molecule has 3 saturated heterocycles. The van der Waals surface area contributed by atoms with Crippen LogP contribution < -0.4 is 15.5 Å². The van der Waals surface area contributed by atoms with E-state index >= 15 is 0 Å². The van der Waals surface area contributed by atoms with Crippen LogP contribution in [0.25, 0.3) is 32.3 Å². The quantitative estimate of drug-likeness (QED) is 0.0986. The summed E-state index contributed by atoms with van der Waals surface area (Å²) >= 11 is 3.40. The third kappa shape index (κ3) is 24.9. The molecule has 3 aliphatic heterocycles. The largest absolute Gasteiger partial charge is 0.394 e. The Hall–Kier alpha value is -6.25. The van der Waals surface area contributed by atoms with Crippen LogP contribution in [0.3, 0.4) is 0 Å². The van der Waals surface area contributed by atoms with Crippen LogP contribution in [0, 0.1) is 17.8 Å². The standard InChI is InChI=1S/C26H31N.2C17H21N.C9H11Br.C3H8O.2CO2.CH4.ClH/c1-3-7-21-12-14-24(15-13-21)27-17-16-22(19-27)18-20(2)25-11-6-9-23-8-4-5-10-26(23)25;2*1-13(11-14-9-10-18-12-14)16-8-4-6-15-5-2-3-7-17(15)16;1-2-3-8-4-6-9(10)7-5-8;1-3(2)4;2*2-1-3;;/h4-6,8-15,20,22H,3,7,16-19H2,1-2H3;2*2-8,13-14,18H,9-12H2,1H3;4-7H,2-3H2,1H3;3-4H,1-2H3;;;1H4;1H/t20-,22+;2*13-,14+;;;;;;/m000....../s1. The molecule has 8 aromatic rings. The van der Waals surface area contributed by atoms with Crippen LogP contribution in [0.4, 0.5) is 5.69 Å². The zero-order valence-corrected chi connectivity index (χ0v) is 53.3. The minimum atomic E-state index is -0.167. The number of halogens is 2. The van der Waals surface area contributed by atoms with E-state index in [0.717, 1.165) is 22.2 Å². The number of nitrogens with one attached hydrogen (secondary N) is 2. The van der Waals surface area contributed by atoms with Crippen LogP contribution in [0.15, 0.2) is 180 Å². The van der Waals surface area contributed by atoms with Gasteiger partial charge in [0, 0.05) is 29.4 Å². The second kappa shape index (κ2) is 41.0. The zero-order chi connectivity index (χ0) is 59.8. The highest BCUT2D eigenvalue weighted by Crippen LogP contribution is 2.36. The van der Waals surface area contributed by atoms with Crippen LogP contribution in [-0.2, 0) is 32.0 Å². The van der Waals surface area contributed by atoms with Gasteiger partial charge in [-0.2, -0.15) is 19.2 Å². The van der Waals surface area contributed by atoms with Crippen molar-refractivity contribution in [3.05, 3.63) is 208 Å². The molecule has 0 spiro atoms. The van der Waals surface area contributed by atoms with Crippen LogP contribution in [0.5, 0.6) is 0 Å². The predicted molar refractivity (Wildman–Crippen MR) is 363 cm³/mol. The number of hydrogen-bond donors (Lipinski definition) is 3. The van der Waals surface area contributed by atoms with E-state index in [1.807, 2.05) is 0 Å². The average Bonchev–Trinajstić information content (AvgIpc) is 4.29. The number of hydrogen-bond acceptors (Lipinski definition) is 8. The Kier molecular flexibility index (Phi) is 35.2. The number of aliphatic hydroxyl groups is 1. The zero-order valence-electron chi connectivity index (χ0n) is 50.9. The second-order valence-electron chi connectivity index (χ2n) is 23.0. The molecule has 3 fully saturated rings. The first-order valence-electron chi connectivity index (χ1n) is 30.4. The van der Waals surface area contributed by atoms with E-state index in [0.29, 0.717) is 17.8 Å². The van der Waals surface area contributed by atoms with Gasteiger partial charge < -0.3 is 20.6 Å². The molecule has 8 aromatic carbocycles. The summed E-state index contributed by atoms with van der Waals surface area (Å²) in [7, 11) is 0. The van der Waals surface area contributed by atoms with E-state index in [1.54, 1.807) is 13.8 Å². The Morgan fingerprint density at radius 3 is 1.16 bits per heavy atom. The molecule has 0 saturated carbocycles. The second-order valence-corrected chi connectivity index (χ2v) is 23.9. The molecule has 0 aromatic heterocycles. The summed E-state index contributed by atoms with van der Waals surface area (Å²) in [5.74, 6) is 4.42. The van der Waals surface area contributed by atoms with Gasteiger partial charge in [0.05, 0.1) is 0 Å². The lowest BCUT2D eigenvalue weighted by atomic mass is 9.87. The van der Waals surface area contributed by atoms with E-state index in [9.17, 15) is 0 Å². The summed E-state index contributed by atoms with van der Waals surface area (Å²) in [6, 6.07) is 64.2. The summed E-state index contributed by atoms with van der Waals surface area (Å²) in [4.78, 5) is 35.1. The number of rotatable bonds is 14. The van der Waals surface area contributed by atoms with Crippen molar-refractivity contribution in [1.82, 2.24) is 10.6 Å². The smallest absolute Gasteiger partial charge is 0.373 e. The summed E-state index contributed by atoms with van der Waals surface area (Å²) in [6.45, 7) is 22.2. The summed E-state index contributed by atoms with van der Waals surface area (Å²) in [5.41, 5.74) is 8.82. The molecule has 10 heteroatoms. The van der Waals surface area contributed by atoms with Crippen LogP contribution >= 0.6 is 28.3 Å². The van der Waals surface area contributed by atoms with Crippen LogP contribution in [-0.4, -0.2) is 62.8 Å². The van der Waals surface area contributed by atoms with E-state index < -0.39 is 0 Å². The Balaban J connectivity index is 0.000000290. The Morgan fingerprint density at radius 2 is 0.824 bits per heavy atom. The number of aliphatic hydroxyl groups excluding tert-OH is 1. The summed E-state index contributed by atoms with van der Waals surface area (Å²) in [6.07, 6.45) is 13.0. The van der Waals surface area contributed by atoms with Gasteiger partial charge in [-0.3, -0.25) is 0 Å². The van der Waals surface area contributed by atoms with Crippen molar-refractivity contribution >= 4 is 78.6 Å². The minimum absolute atomic E-state index is 0. The van der Waals surface area contributed by atoms with Crippen molar-refractivity contribution in [2.45, 2.75) is 144 Å². The first-order chi connectivity index (χ1) is 40.3. The fraction of sp³-hybridized carbons (Fsp3) is 0.413. The lowest BCUT2D eigenvalue weighted by Crippen LogP contribution is -2.20. The molecule has 456 valence electrons. The molecule has 0 aliphatic carbocycles. The molecule has 0 unspecified atom stereocenters. The van der Waals surface area contributed by atoms with E-state index in [-0.39, 0.29) is 38.2 Å². The third-order valence-corrected chi connectivity index (χ3v) is 16.6. The van der Waals surface area contributed by atoms with Crippen molar-refractivity contribution < 1.29 is 24.3 Å². The van der Waals surface area contributed by atoms with Crippen LogP contribution in [0.2, 0.25) is 0 Å². The number of aryl methyl sites for hydroxylation is 2.